The second-order valence-electron chi connectivity index (χ2n) is 9.63. The molecule has 2 saturated carbocycles. The maximum atomic E-state index is 12.8. The summed E-state index contributed by atoms with van der Waals surface area (Å²) in [5.74, 6) is 0.881. The highest BCUT2D eigenvalue weighted by Gasteiger charge is 2.55. The van der Waals surface area contributed by atoms with Gasteiger partial charge >= 0.3 is 6.03 Å². The van der Waals surface area contributed by atoms with Gasteiger partial charge in [-0.05, 0) is 81.0 Å². The zero-order valence-corrected chi connectivity index (χ0v) is 17.4. The van der Waals surface area contributed by atoms with Crippen LogP contribution >= 0.6 is 0 Å². The number of carbonyl (C=O) groups is 2. The van der Waals surface area contributed by atoms with E-state index in [0.29, 0.717) is 11.8 Å². The Morgan fingerprint density at radius 1 is 1.28 bits per heavy atom. The molecule has 5 rings (SSSR count). The molecule has 6 nitrogen and oxygen atoms in total. The standard InChI is InChI=1S/C23H32N4O2/c1-26(19-7-8-19)15-17-14-23(17)9-11-27(12-10-23)22(29)24-18-6-5-16-3-2-4-21(28)25-20(16)13-18/h5-6,13,17,19H,2-4,7-12,14-15H2,1H3,(H,24,29)(H,25,28). The molecule has 1 aromatic carbocycles. The van der Waals surface area contributed by atoms with Gasteiger partial charge in [0.15, 0.2) is 0 Å². The first-order valence-corrected chi connectivity index (χ1v) is 11.2. The Balaban J connectivity index is 1.14. The third-order valence-corrected chi connectivity index (χ3v) is 7.57. The highest BCUT2D eigenvalue weighted by Crippen LogP contribution is 2.59. The van der Waals surface area contributed by atoms with Crippen molar-refractivity contribution in [1.29, 1.82) is 0 Å². The van der Waals surface area contributed by atoms with Gasteiger partial charge in [0.05, 0.1) is 0 Å². The predicted molar refractivity (Wildman–Crippen MR) is 114 cm³/mol. The summed E-state index contributed by atoms with van der Waals surface area (Å²) in [5.41, 5.74) is 3.23. The molecule has 1 unspecified atom stereocenters. The summed E-state index contributed by atoms with van der Waals surface area (Å²) in [4.78, 5) is 29.1. The van der Waals surface area contributed by atoms with Gasteiger partial charge < -0.3 is 20.4 Å². The molecule has 2 N–H and O–H groups in total. The summed E-state index contributed by atoms with van der Waals surface area (Å²) in [7, 11) is 2.27. The maximum Gasteiger partial charge on any atom is 0.321 e. The highest BCUT2D eigenvalue weighted by atomic mass is 16.2. The maximum absolute atomic E-state index is 12.8. The second-order valence-corrected chi connectivity index (χ2v) is 9.63. The number of hydrogen-bond donors (Lipinski definition) is 2. The van der Waals surface area contributed by atoms with Crippen molar-refractivity contribution in [3.63, 3.8) is 0 Å². The zero-order chi connectivity index (χ0) is 20.0. The van der Waals surface area contributed by atoms with E-state index < -0.39 is 0 Å². The Morgan fingerprint density at radius 3 is 2.83 bits per heavy atom. The molecule has 4 aliphatic rings. The fourth-order valence-electron chi connectivity index (χ4n) is 5.31. The molecule has 1 spiro atoms. The number of benzene rings is 1. The van der Waals surface area contributed by atoms with Crippen molar-refractivity contribution in [2.75, 3.05) is 37.3 Å². The third kappa shape index (κ3) is 4.00. The van der Waals surface area contributed by atoms with Crippen LogP contribution in [-0.2, 0) is 11.2 Å². The van der Waals surface area contributed by atoms with Gasteiger partial charge in [-0.2, -0.15) is 0 Å². The number of amides is 3. The summed E-state index contributed by atoms with van der Waals surface area (Å²) in [6, 6.07) is 6.68. The van der Waals surface area contributed by atoms with Crippen LogP contribution in [0.15, 0.2) is 18.2 Å². The Morgan fingerprint density at radius 2 is 2.07 bits per heavy atom. The van der Waals surface area contributed by atoms with Crippen LogP contribution in [0.1, 0.15) is 50.5 Å². The Bertz CT molecular complexity index is 811. The Kier molecular flexibility index (Phi) is 4.77. The number of aryl methyl sites for hydroxylation is 1. The highest BCUT2D eigenvalue weighted by molar-refractivity contribution is 5.95. The summed E-state index contributed by atoms with van der Waals surface area (Å²) in [6.07, 6.45) is 8.67. The molecule has 0 bridgehead atoms. The first kappa shape index (κ1) is 18.9. The number of piperidine rings is 1. The van der Waals surface area contributed by atoms with E-state index in [1.165, 1.54) is 25.8 Å². The van der Waals surface area contributed by atoms with E-state index in [4.69, 9.17) is 0 Å². The first-order valence-electron chi connectivity index (χ1n) is 11.2. The average Bonchev–Trinajstić information content (AvgIpc) is 3.60. The topological polar surface area (TPSA) is 64.7 Å². The lowest BCUT2D eigenvalue weighted by molar-refractivity contribution is -0.116. The van der Waals surface area contributed by atoms with Crippen LogP contribution in [0, 0.1) is 11.3 Å². The van der Waals surface area contributed by atoms with E-state index in [1.54, 1.807) is 0 Å². The van der Waals surface area contributed by atoms with Gasteiger partial charge in [-0.3, -0.25) is 4.79 Å². The lowest BCUT2D eigenvalue weighted by Crippen LogP contribution is -2.42. The molecule has 3 amide bonds. The van der Waals surface area contributed by atoms with Crippen LogP contribution in [0.2, 0.25) is 0 Å². The molecule has 29 heavy (non-hydrogen) atoms. The van der Waals surface area contributed by atoms with Crippen LogP contribution in [0.5, 0.6) is 0 Å². The van der Waals surface area contributed by atoms with Crippen molar-refractivity contribution >= 4 is 23.3 Å². The fourth-order valence-corrected chi connectivity index (χ4v) is 5.31. The number of hydrogen-bond acceptors (Lipinski definition) is 3. The van der Waals surface area contributed by atoms with Gasteiger partial charge in [-0.25, -0.2) is 4.79 Å². The van der Waals surface area contributed by atoms with E-state index in [2.05, 4.69) is 22.6 Å². The first-order chi connectivity index (χ1) is 14.0. The molecule has 0 radical (unpaired) electrons. The minimum absolute atomic E-state index is 0.0213. The second kappa shape index (κ2) is 7.31. The molecular formula is C23H32N4O2. The summed E-state index contributed by atoms with van der Waals surface area (Å²) in [6.45, 7) is 2.92. The van der Waals surface area contributed by atoms with Gasteiger partial charge in [0.1, 0.15) is 0 Å². The van der Waals surface area contributed by atoms with Crippen LogP contribution in [0.4, 0.5) is 16.2 Å². The monoisotopic (exact) mass is 396 g/mol. The number of likely N-dealkylation sites (tertiary alicyclic amines) is 1. The number of rotatable bonds is 4. The molecule has 156 valence electrons. The van der Waals surface area contributed by atoms with Crippen molar-refractivity contribution in [1.82, 2.24) is 9.80 Å². The zero-order valence-electron chi connectivity index (χ0n) is 17.4. The van der Waals surface area contributed by atoms with Crippen molar-refractivity contribution in [3.8, 4) is 0 Å². The smallest absolute Gasteiger partial charge is 0.321 e. The van der Waals surface area contributed by atoms with Gasteiger partial charge in [0, 0.05) is 43.5 Å². The number of urea groups is 1. The molecule has 1 aromatic rings. The Hall–Kier alpha value is -2.08. The predicted octanol–water partition coefficient (Wildman–Crippen LogP) is 3.69. The summed E-state index contributed by atoms with van der Waals surface area (Å²) in [5, 5.41) is 6.00. The number of anilines is 2. The van der Waals surface area contributed by atoms with Gasteiger partial charge in [-0.15, -0.1) is 0 Å². The summed E-state index contributed by atoms with van der Waals surface area (Å²) >= 11 is 0. The minimum Gasteiger partial charge on any atom is -0.326 e. The number of carbonyl (C=O) groups excluding carboxylic acids is 2. The van der Waals surface area contributed by atoms with E-state index in [9.17, 15) is 9.59 Å². The van der Waals surface area contributed by atoms with Gasteiger partial charge in [-0.1, -0.05) is 6.07 Å². The number of fused-ring (bicyclic) bond motifs is 1. The fraction of sp³-hybridized carbons (Fsp3) is 0.652. The quantitative estimate of drug-likeness (QED) is 0.816. The number of nitrogens with one attached hydrogen (secondary N) is 2. The largest absolute Gasteiger partial charge is 0.326 e. The van der Waals surface area contributed by atoms with E-state index in [1.807, 2.05) is 23.1 Å². The number of nitrogens with zero attached hydrogens (tertiary/aromatic N) is 2. The van der Waals surface area contributed by atoms with E-state index in [-0.39, 0.29) is 11.9 Å². The molecular weight excluding hydrogens is 364 g/mol. The van der Waals surface area contributed by atoms with E-state index in [0.717, 1.165) is 67.7 Å². The van der Waals surface area contributed by atoms with Crippen molar-refractivity contribution in [2.45, 2.75) is 57.4 Å². The normalized spacial score (nSPS) is 25.4. The van der Waals surface area contributed by atoms with Crippen LogP contribution in [0.3, 0.4) is 0 Å². The molecule has 1 atom stereocenters. The molecule has 6 heteroatoms. The molecule has 1 saturated heterocycles. The van der Waals surface area contributed by atoms with Crippen molar-refractivity contribution in [2.24, 2.45) is 11.3 Å². The van der Waals surface area contributed by atoms with Crippen molar-refractivity contribution < 1.29 is 9.59 Å². The minimum atomic E-state index is -0.0213. The molecule has 0 aromatic heterocycles. The van der Waals surface area contributed by atoms with E-state index >= 15 is 0 Å². The van der Waals surface area contributed by atoms with Gasteiger partial charge in [0.25, 0.3) is 0 Å². The van der Waals surface area contributed by atoms with Crippen molar-refractivity contribution in [3.05, 3.63) is 23.8 Å². The molecule has 2 aliphatic heterocycles. The Labute approximate surface area is 173 Å². The average molecular weight is 397 g/mol. The molecule has 2 heterocycles. The summed E-state index contributed by atoms with van der Waals surface area (Å²) < 4.78 is 0. The molecule has 2 aliphatic carbocycles. The van der Waals surface area contributed by atoms with Crippen LogP contribution < -0.4 is 10.6 Å². The SMILES string of the molecule is CN(CC1CC12CCN(C(=O)Nc1ccc3c(c1)NC(=O)CCC3)CC2)C1CC1. The third-order valence-electron chi connectivity index (χ3n) is 7.57. The lowest BCUT2D eigenvalue weighted by atomic mass is 9.91. The van der Waals surface area contributed by atoms with Crippen LogP contribution in [0.25, 0.3) is 0 Å². The van der Waals surface area contributed by atoms with Gasteiger partial charge in [0.2, 0.25) is 5.91 Å². The van der Waals surface area contributed by atoms with Crippen LogP contribution in [-0.4, -0.2) is 54.5 Å². The molecule has 3 fully saturated rings. The lowest BCUT2D eigenvalue weighted by Gasteiger charge is -2.33.